The summed E-state index contributed by atoms with van der Waals surface area (Å²) in [4.78, 5) is -0.893. The summed E-state index contributed by atoms with van der Waals surface area (Å²) in [6, 6.07) is 1.84. The largest absolute Gasteiger partial charge is 0.398 e. The van der Waals surface area contributed by atoms with Gasteiger partial charge in [0.15, 0.2) is 0 Å². The molecule has 96 valence electrons. The summed E-state index contributed by atoms with van der Waals surface area (Å²) in [5, 5.41) is 4.66. The number of hydrogen-bond donors (Lipinski definition) is 3. The van der Waals surface area contributed by atoms with Gasteiger partial charge in [0.25, 0.3) is 0 Å². The average molecular weight is 300 g/mol. The number of rotatable bonds is 3. The van der Waals surface area contributed by atoms with Crippen molar-refractivity contribution in [2.45, 2.75) is 9.79 Å². The number of nitrogens with two attached hydrogens (primary N) is 2. The van der Waals surface area contributed by atoms with E-state index >= 15 is 0 Å². The number of anilines is 1. The lowest BCUT2D eigenvalue weighted by molar-refractivity contribution is 0.588. The molecule has 0 saturated carbocycles. The third-order valence-corrected chi connectivity index (χ3v) is 4.77. The number of halogens is 1. The van der Waals surface area contributed by atoms with Gasteiger partial charge in [-0.3, -0.25) is 0 Å². The minimum Gasteiger partial charge on any atom is -0.398 e. The Morgan fingerprint density at radius 2 is 1.71 bits per heavy atom. The van der Waals surface area contributed by atoms with Gasteiger partial charge in [0.05, 0.1) is 10.7 Å². The Hall–Kier alpha value is -0.870. The SMILES string of the molecule is CNS(=O)(=O)c1cc(S(N)(=O)=O)c(Cl)cc1N. The van der Waals surface area contributed by atoms with Gasteiger partial charge in [-0.15, -0.1) is 0 Å². The number of primary sulfonamides is 1. The molecule has 0 unspecified atom stereocenters. The Balaban J connectivity index is 3.68. The fourth-order valence-electron chi connectivity index (χ4n) is 1.11. The summed E-state index contributed by atoms with van der Waals surface area (Å²) in [6.45, 7) is 0. The van der Waals surface area contributed by atoms with E-state index in [0.29, 0.717) is 0 Å². The number of benzene rings is 1. The zero-order valence-electron chi connectivity index (χ0n) is 8.64. The van der Waals surface area contributed by atoms with E-state index in [-0.39, 0.29) is 10.7 Å². The molecule has 0 fully saturated rings. The molecule has 0 heterocycles. The van der Waals surface area contributed by atoms with Gasteiger partial charge in [-0.05, 0) is 19.2 Å². The molecule has 0 bridgehead atoms. The highest BCUT2D eigenvalue weighted by Gasteiger charge is 2.22. The summed E-state index contributed by atoms with van der Waals surface area (Å²) < 4.78 is 47.4. The Kier molecular flexibility index (Phi) is 3.69. The molecular formula is C7H10ClN3O4S2. The van der Waals surface area contributed by atoms with Crippen LogP contribution in [0.25, 0.3) is 0 Å². The fraction of sp³-hybridized carbons (Fsp3) is 0.143. The minimum atomic E-state index is -4.12. The molecule has 0 aromatic heterocycles. The van der Waals surface area contributed by atoms with Crippen LogP contribution in [0, 0.1) is 0 Å². The van der Waals surface area contributed by atoms with Gasteiger partial charge in [0.2, 0.25) is 20.0 Å². The Morgan fingerprint density at radius 1 is 1.18 bits per heavy atom. The lowest BCUT2D eigenvalue weighted by atomic mass is 10.3. The van der Waals surface area contributed by atoms with Crippen molar-refractivity contribution in [3.63, 3.8) is 0 Å². The molecule has 0 aliphatic rings. The van der Waals surface area contributed by atoms with Crippen molar-refractivity contribution >= 4 is 37.3 Å². The van der Waals surface area contributed by atoms with Gasteiger partial charge in [0, 0.05) is 0 Å². The van der Waals surface area contributed by atoms with Crippen LogP contribution in [-0.4, -0.2) is 23.9 Å². The number of hydrogen-bond acceptors (Lipinski definition) is 5. The second-order valence-corrected chi connectivity index (χ2v) is 6.87. The van der Waals surface area contributed by atoms with Crippen molar-refractivity contribution in [1.82, 2.24) is 4.72 Å². The van der Waals surface area contributed by atoms with E-state index < -0.39 is 29.8 Å². The number of sulfonamides is 2. The highest BCUT2D eigenvalue weighted by molar-refractivity contribution is 7.90. The number of nitrogens with one attached hydrogen (secondary N) is 1. The van der Waals surface area contributed by atoms with E-state index in [1.165, 1.54) is 7.05 Å². The van der Waals surface area contributed by atoms with Crippen LogP contribution in [-0.2, 0) is 20.0 Å². The van der Waals surface area contributed by atoms with E-state index in [9.17, 15) is 16.8 Å². The van der Waals surface area contributed by atoms with Gasteiger partial charge < -0.3 is 5.73 Å². The maximum atomic E-state index is 11.5. The topological polar surface area (TPSA) is 132 Å². The van der Waals surface area contributed by atoms with Crippen LogP contribution >= 0.6 is 11.6 Å². The highest BCUT2D eigenvalue weighted by Crippen LogP contribution is 2.28. The Bertz CT molecular complexity index is 654. The standard InChI is InChI=1S/C7H10ClN3O4S2/c1-11-17(14,15)7-3-6(16(10,12)13)4(8)2-5(7)9/h2-3,11H,9H2,1H3,(H2,10,12,13). The maximum absolute atomic E-state index is 11.5. The first-order chi connectivity index (χ1) is 7.59. The second kappa shape index (κ2) is 4.42. The van der Waals surface area contributed by atoms with Crippen LogP contribution in [0.1, 0.15) is 0 Å². The van der Waals surface area contributed by atoms with Crippen LogP contribution in [0.5, 0.6) is 0 Å². The Morgan fingerprint density at radius 3 is 2.12 bits per heavy atom. The molecule has 7 nitrogen and oxygen atoms in total. The average Bonchev–Trinajstić information content (AvgIpc) is 2.15. The van der Waals surface area contributed by atoms with Crippen LogP contribution in [0.15, 0.2) is 21.9 Å². The van der Waals surface area contributed by atoms with Crippen LogP contribution in [0.3, 0.4) is 0 Å². The van der Waals surface area contributed by atoms with Crippen LogP contribution in [0.2, 0.25) is 5.02 Å². The molecule has 10 heteroatoms. The van der Waals surface area contributed by atoms with Crippen LogP contribution < -0.4 is 15.6 Å². The van der Waals surface area contributed by atoms with E-state index in [0.717, 1.165) is 12.1 Å². The van der Waals surface area contributed by atoms with Crippen molar-refractivity contribution in [3.8, 4) is 0 Å². The van der Waals surface area contributed by atoms with Crippen molar-refractivity contribution < 1.29 is 16.8 Å². The third kappa shape index (κ3) is 2.87. The molecule has 5 N–H and O–H groups in total. The molecule has 0 saturated heterocycles. The molecule has 0 aliphatic heterocycles. The number of nitrogen functional groups attached to an aromatic ring is 1. The summed E-state index contributed by atoms with van der Waals surface area (Å²) in [5.41, 5.74) is 5.29. The lowest BCUT2D eigenvalue weighted by Gasteiger charge is -2.09. The first-order valence-corrected chi connectivity index (χ1v) is 7.55. The second-order valence-electron chi connectivity index (χ2n) is 3.07. The molecule has 1 rings (SSSR count). The normalized spacial score (nSPS) is 12.6. The third-order valence-electron chi connectivity index (χ3n) is 1.93. The van der Waals surface area contributed by atoms with E-state index in [1.807, 2.05) is 4.72 Å². The van der Waals surface area contributed by atoms with Crippen molar-refractivity contribution in [1.29, 1.82) is 0 Å². The maximum Gasteiger partial charge on any atom is 0.242 e. The summed E-state index contributed by atoms with van der Waals surface area (Å²) >= 11 is 5.63. The van der Waals surface area contributed by atoms with Gasteiger partial charge in [0.1, 0.15) is 9.79 Å². The molecule has 17 heavy (non-hydrogen) atoms. The predicted molar refractivity (Wildman–Crippen MR) is 63.5 cm³/mol. The highest BCUT2D eigenvalue weighted by atomic mass is 35.5. The molecule has 0 atom stereocenters. The van der Waals surface area contributed by atoms with Gasteiger partial charge >= 0.3 is 0 Å². The first kappa shape index (κ1) is 14.2. The molecule has 0 spiro atoms. The summed E-state index contributed by atoms with van der Waals surface area (Å²) in [5.74, 6) is 0. The quantitative estimate of drug-likeness (QED) is 0.646. The smallest absolute Gasteiger partial charge is 0.242 e. The minimum absolute atomic E-state index is 0.170. The zero-order chi connectivity index (χ0) is 13.4. The van der Waals surface area contributed by atoms with Gasteiger partial charge in [-0.25, -0.2) is 26.7 Å². The summed E-state index contributed by atoms with van der Waals surface area (Å²) in [6.07, 6.45) is 0. The van der Waals surface area contributed by atoms with Crippen molar-refractivity contribution in [2.24, 2.45) is 5.14 Å². The first-order valence-electron chi connectivity index (χ1n) is 4.15. The van der Waals surface area contributed by atoms with E-state index in [4.69, 9.17) is 22.5 Å². The van der Waals surface area contributed by atoms with Crippen molar-refractivity contribution in [2.75, 3.05) is 12.8 Å². The van der Waals surface area contributed by atoms with E-state index in [2.05, 4.69) is 0 Å². The molecule has 1 aromatic carbocycles. The van der Waals surface area contributed by atoms with Gasteiger partial charge in [-0.2, -0.15) is 0 Å². The summed E-state index contributed by atoms with van der Waals surface area (Å²) in [7, 11) is -6.84. The van der Waals surface area contributed by atoms with E-state index in [1.54, 1.807) is 0 Å². The molecule has 0 aliphatic carbocycles. The van der Waals surface area contributed by atoms with Crippen LogP contribution in [0.4, 0.5) is 5.69 Å². The fourth-order valence-corrected chi connectivity index (χ4v) is 3.16. The molecular weight excluding hydrogens is 290 g/mol. The molecule has 0 amide bonds. The van der Waals surface area contributed by atoms with Crippen molar-refractivity contribution in [3.05, 3.63) is 17.2 Å². The predicted octanol–water partition coefficient (Wildman–Crippen LogP) is -0.522. The molecule has 1 aromatic rings. The zero-order valence-corrected chi connectivity index (χ0v) is 11.0. The van der Waals surface area contributed by atoms with Gasteiger partial charge in [-0.1, -0.05) is 11.6 Å². The lowest BCUT2D eigenvalue weighted by Crippen LogP contribution is -2.21. The monoisotopic (exact) mass is 299 g/mol. The Labute approximate surface area is 104 Å². The molecule has 0 radical (unpaired) electrons.